The lowest BCUT2D eigenvalue weighted by Gasteiger charge is -2.20. The van der Waals surface area contributed by atoms with E-state index in [9.17, 15) is 31.2 Å². The molecule has 0 aromatic heterocycles. The van der Waals surface area contributed by atoms with Crippen LogP contribution in [0, 0.1) is 0 Å². The summed E-state index contributed by atoms with van der Waals surface area (Å²) in [6.07, 6.45) is -6.52. The van der Waals surface area contributed by atoms with Crippen molar-refractivity contribution in [1.29, 1.82) is 0 Å². The zero-order valence-corrected chi connectivity index (χ0v) is 19.6. The third-order valence-electron chi connectivity index (χ3n) is 5.01. The van der Waals surface area contributed by atoms with Crippen molar-refractivity contribution in [3.05, 3.63) is 64.2 Å². The smallest absolute Gasteiger partial charge is 0.426 e. The molecule has 0 aliphatic carbocycles. The number of hydrogen-bond donors (Lipinski definition) is 1. The lowest BCUT2D eigenvalue weighted by Crippen LogP contribution is -2.39. The molecule has 2 aromatic carbocycles. The highest BCUT2D eigenvalue weighted by molar-refractivity contribution is 7.85. The van der Waals surface area contributed by atoms with Gasteiger partial charge >= 0.3 is 18.1 Å². The van der Waals surface area contributed by atoms with E-state index in [0.29, 0.717) is 18.4 Å². The van der Waals surface area contributed by atoms with Crippen molar-refractivity contribution in [2.24, 2.45) is 0 Å². The summed E-state index contributed by atoms with van der Waals surface area (Å²) in [6, 6.07) is 8.71. The Balaban J connectivity index is 2.40. The van der Waals surface area contributed by atoms with Crippen LogP contribution in [-0.2, 0) is 33.8 Å². The molecule has 0 saturated heterocycles. The van der Waals surface area contributed by atoms with E-state index in [2.05, 4.69) is 4.74 Å². The molecular weight excluding hydrogens is 474 g/mol. The van der Waals surface area contributed by atoms with E-state index in [-0.39, 0.29) is 5.56 Å². The average molecular weight is 496 g/mol. The number of ether oxygens (including phenoxy) is 2. The molecule has 180 valence electrons. The van der Waals surface area contributed by atoms with Crippen molar-refractivity contribution in [2.45, 2.75) is 31.2 Å². The first-order chi connectivity index (χ1) is 15.8. The van der Waals surface area contributed by atoms with Gasteiger partial charge < -0.3 is 9.47 Å². The molecule has 14 heteroatoms. The van der Waals surface area contributed by atoms with E-state index in [4.69, 9.17) is 9.29 Å². The minimum Gasteiger partial charge on any atom is -0.448 e. The number of carbonyl (C=O) groups excluding carboxylic acids is 2. The largest absolute Gasteiger partial charge is 0.448 e. The van der Waals surface area contributed by atoms with Gasteiger partial charge in [-0.1, -0.05) is 48.8 Å². The van der Waals surface area contributed by atoms with Crippen LogP contribution < -0.4 is 4.74 Å². The Morgan fingerprint density at radius 2 is 1.44 bits per heavy atom. The monoisotopic (exact) mass is 496 g/mol. The fourth-order valence-electron chi connectivity index (χ4n) is 3.25. The van der Waals surface area contributed by atoms with Gasteiger partial charge in [-0.2, -0.15) is 21.6 Å². The van der Waals surface area contributed by atoms with Gasteiger partial charge in [0.05, 0.1) is 11.1 Å². The summed E-state index contributed by atoms with van der Waals surface area (Å²) < 4.78 is 80.0. The summed E-state index contributed by atoms with van der Waals surface area (Å²) in [7, 11) is 0.629. The Hall–Kier alpha value is -2.73. The summed E-state index contributed by atoms with van der Waals surface area (Å²) in [5.41, 5.74) is 1.67. The topological polar surface area (TPSA) is 107 Å². The van der Waals surface area contributed by atoms with Crippen LogP contribution in [0.2, 0.25) is 0 Å². The molecule has 0 fully saturated rings. The highest BCUT2D eigenvalue weighted by Crippen LogP contribution is 2.29. The Morgan fingerprint density at radius 1 is 0.941 bits per heavy atom. The van der Waals surface area contributed by atoms with Crippen molar-refractivity contribution in [1.82, 2.24) is 0 Å². The van der Waals surface area contributed by atoms with Gasteiger partial charge in [-0.15, -0.1) is 0 Å². The van der Waals surface area contributed by atoms with Gasteiger partial charge in [-0.25, -0.2) is 9.59 Å². The van der Waals surface area contributed by atoms with Gasteiger partial charge in [0.1, 0.15) is 35.0 Å². The normalized spacial score (nSPS) is 12.7. The predicted molar refractivity (Wildman–Crippen MR) is 126 cm³/mol. The molecule has 34 heavy (non-hydrogen) atoms. The van der Waals surface area contributed by atoms with E-state index in [1.54, 1.807) is 0 Å². The molecule has 2 aromatic rings. The standard InChI is InChI=1S/C20H22B3F3O7S/c21-7-11-5-12(8-22)17(13(6-11)9-23)33-19(28)15-4-2-1-3-14(15)18(27)32-16(20(24,25)26)10-34(29,30)31/h1-6,16H,7-10,21-23H2,(H,29,30,31). The zero-order valence-electron chi connectivity index (χ0n) is 18.8. The quantitative estimate of drug-likeness (QED) is 0.230. The van der Waals surface area contributed by atoms with E-state index in [0.717, 1.165) is 29.1 Å². The Bertz CT molecular complexity index is 1150. The fourth-order valence-corrected chi connectivity index (χ4v) is 3.89. The predicted octanol–water partition coefficient (Wildman–Crippen LogP) is 0.281. The average Bonchev–Trinajstić information content (AvgIpc) is 2.76. The molecular formula is C20H22B3F3O7S. The van der Waals surface area contributed by atoms with Crippen LogP contribution in [0.25, 0.3) is 0 Å². The lowest BCUT2D eigenvalue weighted by molar-refractivity contribution is -0.197. The molecule has 0 aliphatic heterocycles. The third-order valence-corrected chi connectivity index (χ3v) is 5.73. The van der Waals surface area contributed by atoms with Crippen molar-refractivity contribution in [3.8, 4) is 5.75 Å². The maximum Gasteiger partial charge on any atom is 0.426 e. The molecule has 0 amide bonds. The minimum absolute atomic E-state index is 0.315. The van der Waals surface area contributed by atoms with Crippen LogP contribution in [-0.4, -0.2) is 66.5 Å². The Morgan fingerprint density at radius 3 is 1.85 bits per heavy atom. The molecule has 1 N–H and O–H groups in total. The molecule has 0 radical (unpaired) electrons. The first kappa shape index (κ1) is 27.5. The lowest BCUT2D eigenvalue weighted by atomic mass is 9.85. The number of halogens is 3. The number of rotatable bonds is 9. The molecule has 7 nitrogen and oxygen atoms in total. The van der Waals surface area contributed by atoms with Crippen LogP contribution in [0.4, 0.5) is 13.2 Å². The summed E-state index contributed by atoms with van der Waals surface area (Å²) in [5.74, 6) is -4.14. The molecule has 0 aliphatic rings. The number of benzene rings is 2. The van der Waals surface area contributed by atoms with Crippen LogP contribution in [0.3, 0.4) is 0 Å². The minimum atomic E-state index is -5.27. The first-order valence-corrected chi connectivity index (χ1v) is 12.1. The second-order valence-corrected chi connectivity index (χ2v) is 8.92. The van der Waals surface area contributed by atoms with Crippen LogP contribution in [0.1, 0.15) is 37.4 Å². The van der Waals surface area contributed by atoms with Crippen molar-refractivity contribution < 1.29 is 45.2 Å². The van der Waals surface area contributed by atoms with Crippen LogP contribution in [0.15, 0.2) is 36.4 Å². The van der Waals surface area contributed by atoms with Gasteiger partial charge in [0.15, 0.2) is 0 Å². The highest BCUT2D eigenvalue weighted by atomic mass is 32.2. The van der Waals surface area contributed by atoms with Gasteiger partial charge in [-0.05, 0) is 23.3 Å². The van der Waals surface area contributed by atoms with E-state index < -0.39 is 45.7 Å². The van der Waals surface area contributed by atoms with E-state index in [1.807, 2.05) is 35.7 Å². The SMILES string of the molecule is BCc1cc(CB)c(OC(=O)c2ccccc2C(=O)OC(CS(=O)(=O)O)C(F)(F)F)c(CB)c1. The molecule has 2 rings (SSSR count). The maximum atomic E-state index is 13.2. The van der Waals surface area contributed by atoms with E-state index in [1.165, 1.54) is 18.2 Å². The summed E-state index contributed by atoms with van der Waals surface area (Å²) in [4.78, 5) is 25.4. The van der Waals surface area contributed by atoms with Crippen molar-refractivity contribution in [2.75, 3.05) is 5.75 Å². The fraction of sp³-hybridized carbons (Fsp3) is 0.300. The van der Waals surface area contributed by atoms with Gasteiger partial charge in [0.2, 0.25) is 6.10 Å². The summed E-state index contributed by atoms with van der Waals surface area (Å²) >= 11 is 0. The molecule has 0 spiro atoms. The number of esters is 2. The Labute approximate surface area is 198 Å². The van der Waals surface area contributed by atoms with Gasteiger partial charge in [0.25, 0.3) is 10.1 Å². The second kappa shape index (κ2) is 11.1. The zero-order chi connectivity index (χ0) is 25.7. The number of carbonyl (C=O) groups is 2. The second-order valence-electron chi connectivity index (χ2n) is 7.42. The summed E-state index contributed by atoms with van der Waals surface area (Å²) in [6.45, 7) is 0. The van der Waals surface area contributed by atoms with Crippen LogP contribution >= 0.6 is 0 Å². The molecule has 0 saturated carbocycles. The highest BCUT2D eigenvalue weighted by Gasteiger charge is 2.46. The summed E-state index contributed by atoms with van der Waals surface area (Å²) in [5, 5.41) is 0. The van der Waals surface area contributed by atoms with Crippen LogP contribution in [0.5, 0.6) is 5.75 Å². The van der Waals surface area contributed by atoms with Gasteiger partial charge in [-0.3, -0.25) is 4.55 Å². The first-order valence-electron chi connectivity index (χ1n) is 10.5. The molecule has 1 unspecified atom stereocenters. The number of alkyl halides is 3. The Kier molecular flexibility index (Phi) is 9.01. The third kappa shape index (κ3) is 7.13. The van der Waals surface area contributed by atoms with Crippen molar-refractivity contribution >= 4 is 45.6 Å². The molecule has 0 bridgehead atoms. The molecule has 0 heterocycles. The number of hydrogen-bond acceptors (Lipinski definition) is 6. The molecule has 1 atom stereocenters. The van der Waals surface area contributed by atoms with E-state index >= 15 is 0 Å². The van der Waals surface area contributed by atoms with Crippen molar-refractivity contribution in [3.63, 3.8) is 0 Å². The van der Waals surface area contributed by atoms with Gasteiger partial charge in [0, 0.05) is 0 Å². The maximum absolute atomic E-state index is 13.2.